The molecule has 0 amide bonds. The lowest BCUT2D eigenvalue weighted by Crippen LogP contribution is -2.27. The van der Waals surface area contributed by atoms with Crippen LogP contribution in [-0.2, 0) is 0 Å². The highest BCUT2D eigenvalue weighted by atomic mass is 16.5. The third-order valence-electron chi connectivity index (χ3n) is 4.61. The van der Waals surface area contributed by atoms with E-state index in [1.165, 1.54) is 0 Å². The second-order valence-electron chi connectivity index (χ2n) is 6.78. The quantitative estimate of drug-likeness (QED) is 0.665. The lowest BCUT2D eigenvalue weighted by molar-refractivity contribution is 0.299. The van der Waals surface area contributed by atoms with Crippen molar-refractivity contribution in [3.05, 3.63) is 65.4 Å². The zero-order chi connectivity index (χ0) is 20.1. The van der Waals surface area contributed by atoms with E-state index in [9.17, 15) is 5.26 Å². The highest BCUT2D eigenvalue weighted by Crippen LogP contribution is 2.30. The van der Waals surface area contributed by atoms with Gasteiger partial charge in [0.2, 0.25) is 17.5 Å². The van der Waals surface area contributed by atoms with Gasteiger partial charge in [-0.1, -0.05) is 35.9 Å². The van der Waals surface area contributed by atoms with Gasteiger partial charge in [-0.2, -0.15) is 10.2 Å². The van der Waals surface area contributed by atoms with Gasteiger partial charge in [-0.25, -0.2) is 0 Å². The van der Waals surface area contributed by atoms with Crippen LogP contribution in [0, 0.1) is 18.3 Å². The molecule has 3 rings (SSSR count). The van der Waals surface area contributed by atoms with Gasteiger partial charge in [0, 0.05) is 17.7 Å². The van der Waals surface area contributed by atoms with Crippen LogP contribution >= 0.6 is 0 Å². The molecule has 0 saturated heterocycles. The van der Waals surface area contributed by atoms with Crippen molar-refractivity contribution < 1.29 is 9.15 Å². The van der Waals surface area contributed by atoms with Gasteiger partial charge in [0.05, 0.1) is 13.2 Å². The summed E-state index contributed by atoms with van der Waals surface area (Å²) in [5.41, 5.74) is 3.29. The summed E-state index contributed by atoms with van der Waals surface area (Å²) in [6, 6.07) is 17.9. The molecule has 0 saturated carbocycles. The maximum absolute atomic E-state index is 9.45. The van der Waals surface area contributed by atoms with Gasteiger partial charge in [0.25, 0.3) is 0 Å². The summed E-state index contributed by atoms with van der Waals surface area (Å²) >= 11 is 0. The molecule has 1 N–H and O–H groups in total. The largest absolute Gasteiger partial charge is 0.496 e. The minimum absolute atomic E-state index is 0.0237. The molecule has 144 valence electrons. The van der Waals surface area contributed by atoms with Crippen LogP contribution in [0.5, 0.6) is 5.75 Å². The number of aromatic nitrogens is 1. The van der Waals surface area contributed by atoms with Gasteiger partial charge >= 0.3 is 0 Å². The molecule has 3 aromatic rings. The Bertz CT molecular complexity index is 971. The number of rotatable bonds is 7. The molecule has 0 aliphatic carbocycles. The molecule has 2 aromatic carbocycles. The van der Waals surface area contributed by atoms with E-state index in [4.69, 9.17) is 9.15 Å². The molecule has 0 fully saturated rings. The van der Waals surface area contributed by atoms with E-state index in [2.05, 4.69) is 21.3 Å². The summed E-state index contributed by atoms with van der Waals surface area (Å²) in [7, 11) is 5.67. The van der Waals surface area contributed by atoms with Crippen LogP contribution in [0.3, 0.4) is 0 Å². The summed E-state index contributed by atoms with van der Waals surface area (Å²) in [6.45, 7) is 2.55. The standard InChI is InChI=1S/C22H24N4O2/c1-15-9-11-16(12-10-15)21-25-18(13-23)22(28-21)24-14-19(26(2)3)17-7-5-6-8-20(17)27-4/h5-12,19,24H,14H2,1-4H3. The van der Waals surface area contributed by atoms with Crippen LogP contribution < -0.4 is 10.1 Å². The van der Waals surface area contributed by atoms with Crippen molar-refractivity contribution in [2.75, 3.05) is 33.1 Å². The van der Waals surface area contributed by atoms with Gasteiger partial charge in [-0.3, -0.25) is 0 Å². The second-order valence-corrected chi connectivity index (χ2v) is 6.78. The highest BCUT2D eigenvalue weighted by Gasteiger charge is 2.21. The third-order valence-corrected chi connectivity index (χ3v) is 4.61. The molecule has 1 unspecified atom stereocenters. The Kier molecular flexibility index (Phi) is 5.97. The predicted molar refractivity (Wildman–Crippen MR) is 109 cm³/mol. The topological polar surface area (TPSA) is 74.3 Å². The number of anilines is 1. The minimum Gasteiger partial charge on any atom is -0.496 e. The molecule has 0 radical (unpaired) electrons. The zero-order valence-corrected chi connectivity index (χ0v) is 16.6. The van der Waals surface area contributed by atoms with E-state index >= 15 is 0 Å². The highest BCUT2D eigenvalue weighted by molar-refractivity contribution is 5.59. The van der Waals surface area contributed by atoms with Gasteiger partial charge in [0.1, 0.15) is 11.8 Å². The Labute approximate surface area is 165 Å². The first-order valence-corrected chi connectivity index (χ1v) is 9.04. The summed E-state index contributed by atoms with van der Waals surface area (Å²) in [6.07, 6.45) is 0. The first-order valence-electron chi connectivity index (χ1n) is 9.04. The van der Waals surface area contributed by atoms with E-state index < -0.39 is 0 Å². The molecular weight excluding hydrogens is 352 g/mol. The summed E-state index contributed by atoms with van der Waals surface area (Å²) in [4.78, 5) is 6.42. The first kappa shape index (κ1) is 19.5. The summed E-state index contributed by atoms with van der Waals surface area (Å²) in [5, 5.41) is 12.7. The molecule has 6 nitrogen and oxygen atoms in total. The fraction of sp³-hybridized carbons (Fsp3) is 0.273. The molecule has 0 spiro atoms. The van der Waals surface area contributed by atoms with Crippen LogP contribution in [0.1, 0.15) is 22.9 Å². The number of aryl methyl sites for hydroxylation is 1. The molecule has 1 atom stereocenters. The van der Waals surface area contributed by atoms with Crippen molar-refractivity contribution in [1.29, 1.82) is 5.26 Å². The number of para-hydroxylation sites is 1. The van der Waals surface area contributed by atoms with E-state index in [0.717, 1.165) is 22.4 Å². The number of nitriles is 1. The Morgan fingerprint density at radius 1 is 1.18 bits per heavy atom. The molecule has 0 aliphatic rings. The molecular formula is C22H24N4O2. The van der Waals surface area contributed by atoms with Gasteiger partial charge in [-0.05, 0) is 39.2 Å². The molecule has 0 aliphatic heterocycles. The Morgan fingerprint density at radius 2 is 1.89 bits per heavy atom. The molecule has 28 heavy (non-hydrogen) atoms. The number of methoxy groups -OCH3 is 1. The van der Waals surface area contributed by atoms with Gasteiger partial charge in [-0.15, -0.1) is 0 Å². The normalized spacial score (nSPS) is 11.9. The first-order chi connectivity index (χ1) is 13.5. The second kappa shape index (κ2) is 8.59. The number of nitrogens with zero attached hydrogens (tertiary/aromatic N) is 3. The number of hydrogen-bond acceptors (Lipinski definition) is 6. The average Bonchev–Trinajstić information content (AvgIpc) is 3.12. The number of likely N-dealkylation sites (N-methyl/N-ethyl adjacent to an activating group) is 1. The zero-order valence-electron chi connectivity index (χ0n) is 16.6. The SMILES string of the molecule is COc1ccccc1C(CNc1oc(-c2ccc(C)cc2)nc1C#N)N(C)C. The molecule has 6 heteroatoms. The lowest BCUT2D eigenvalue weighted by atomic mass is 10.0. The Hall–Kier alpha value is -3.30. The number of nitrogens with one attached hydrogen (secondary N) is 1. The molecule has 1 heterocycles. The fourth-order valence-electron chi connectivity index (χ4n) is 3.04. The van der Waals surface area contributed by atoms with Crippen LogP contribution in [0.15, 0.2) is 52.9 Å². The number of ether oxygens (including phenoxy) is 1. The van der Waals surface area contributed by atoms with Gasteiger partial charge in [0.15, 0.2) is 0 Å². The molecule has 0 bridgehead atoms. The van der Waals surface area contributed by atoms with Crippen molar-refractivity contribution >= 4 is 5.88 Å². The van der Waals surface area contributed by atoms with E-state index in [-0.39, 0.29) is 11.7 Å². The maximum Gasteiger partial charge on any atom is 0.232 e. The van der Waals surface area contributed by atoms with E-state index in [1.54, 1.807) is 7.11 Å². The Morgan fingerprint density at radius 3 is 2.54 bits per heavy atom. The lowest BCUT2D eigenvalue weighted by Gasteiger charge is -2.26. The summed E-state index contributed by atoms with van der Waals surface area (Å²) < 4.78 is 11.4. The van der Waals surface area contributed by atoms with Crippen molar-refractivity contribution in [3.8, 4) is 23.3 Å². The van der Waals surface area contributed by atoms with Crippen LogP contribution in [0.2, 0.25) is 0 Å². The average molecular weight is 376 g/mol. The monoisotopic (exact) mass is 376 g/mol. The maximum atomic E-state index is 9.45. The number of hydrogen-bond donors (Lipinski definition) is 1. The van der Waals surface area contributed by atoms with Crippen LogP contribution in [0.25, 0.3) is 11.5 Å². The van der Waals surface area contributed by atoms with Crippen LogP contribution in [-0.4, -0.2) is 37.6 Å². The van der Waals surface area contributed by atoms with Gasteiger partial charge < -0.3 is 19.4 Å². The van der Waals surface area contributed by atoms with Crippen molar-refractivity contribution in [2.45, 2.75) is 13.0 Å². The smallest absolute Gasteiger partial charge is 0.232 e. The van der Waals surface area contributed by atoms with Crippen LogP contribution in [0.4, 0.5) is 5.88 Å². The van der Waals surface area contributed by atoms with E-state index in [1.807, 2.05) is 69.6 Å². The predicted octanol–water partition coefficient (Wildman–Crippen LogP) is 4.25. The number of benzene rings is 2. The minimum atomic E-state index is 0.0237. The van der Waals surface area contributed by atoms with Crippen molar-refractivity contribution in [1.82, 2.24) is 9.88 Å². The number of oxazole rings is 1. The van der Waals surface area contributed by atoms with Crippen molar-refractivity contribution in [3.63, 3.8) is 0 Å². The van der Waals surface area contributed by atoms with E-state index in [0.29, 0.717) is 18.3 Å². The Balaban J connectivity index is 1.84. The molecule has 1 aromatic heterocycles. The summed E-state index contributed by atoms with van der Waals surface area (Å²) in [5.74, 6) is 1.62. The fourth-order valence-corrected chi connectivity index (χ4v) is 3.04. The third kappa shape index (κ3) is 4.16. The van der Waals surface area contributed by atoms with Crippen molar-refractivity contribution in [2.24, 2.45) is 0 Å².